The van der Waals surface area contributed by atoms with Crippen LogP contribution in [-0.4, -0.2) is 37.4 Å². The summed E-state index contributed by atoms with van der Waals surface area (Å²) >= 11 is 0. The zero-order valence-corrected chi connectivity index (χ0v) is 16.0. The Labute approximate surface area is 165 Å². The van der Waals surface area contributed by atoms with Crippen molar-refractivity contribution in [3.05, 3.63) is 76.1 Å². The Kier molecular flexibility index (Phi) is 4.86. The normalized spacial score (nSPS) is 11.0. The molecule has 29 heavy (non-hydrogen) atoms. The Morgan fingerprint density at radius 2 is 2.03 bits per heavy atom. The molecule has 0 saturated carbocycles. The number of ether oxygens (including phenoxy) is 1. The fraction of sp³-hybridized carbons (Fsp3) is 0.200. The lowest BCUT2D eigenvalue weighted by molar-refractivity contribution is -0.115. The summed E-state index contributed by atoms with van der Waals surface area (Å²) in [4.78, 5) is 29.3. The maximum atomic E-state index is 12.5. The number of hydrogen-bond donors (Lipinski definition) is 2. The molecule has 1 aromatic carbocycles. The van der Waals surface area contributed by atoms with Gasteiger partial charge in [0.2, 0.25) is 5.91 Å². The highest BCUT2D eigenvalue weighted by Gasteiger charge is 2.15. The quantitative estimate of drug-likeness (QED) is 0.520. The fourth-order valence-corrected chi connectivity index (χ4v) is 3.11. The van der Waals surface area contributed by atoms with Crippen molar-refractivity contribution in [1.82, 2.24) is 24.4 Å². The number of rotatable bonds is 6. The number of nitrogens with one attached hydrogen (secondary N) is 2. The smallest absolute Gasteiger partial charge is 0.276 e. The van der Waals surface area contributed by atoms with E-state index < -0.39 is 0 Å². The number of aryl methyl sites for hydroxylation is 1. The number of hydrogen-bond acceptors (Lipinski definition) is 5. The summed E-state index contributed by atoms with van der Waals surface area (Å²) in [7, 11) is 1.62. The number of amides is 1. The molecule has 4 rings (SSSR count). The van der Waals surface area contributed by atoms with Crippen LogP contribution in [0.5, 0.6) is 5.75 Å². The highest BCUT2D eigenvalue weighted by molar-refractivity contribution is 5.92. The molecule has 1 amide bonds. The Bertz CT molecular complexity index is 1220. The Balaban J connectivity index is 1.43. The molecule has 9 heteroatoms. The van der Waals surface area contributed by atoms with Crippen LogP contribution < -0.4 is 15.6 Å². The fourth-order valence-electron chi connectivity index (χ4n) is 3.11. The molecule has 3 heterocycles. The lowest BCUT2D eigenvalue weighted by Gasteiger charge is -2.06. The first-order valence-electron chi connectivity index (χ1n) is 9.04. The largest absolute Gasteiger partial charge is 0.497 e. The van der Waals surface area contributed by atoms with Crippen LogP contribution in [0.1, 0.15) is 16.8 Å². The first-order chi connectivity index (χ1) is 14.0. The van der Waals surface area contributed by atoms with Crippen LogP contribution in [0.4, 0.5) is 5.69 Å². The minimum atomic E-state index is -0.303. The SMILES string of the molecule is COc1ccc(Cn2cc(NC(=O)Cc3c(C)nc4cc[nH]n4c3=O)cn2)cc1. The van der Waals surface area contributed by atoms with Crippen molar-refractivity contribution in [2.75, 3.05) is 12.4 Å². The maximum Gasteiger partial charge on any atom is 0.276 e. The van der Waals surface area contributed by atoms with Gasteiger partial charge in [0.25, 0.3) is 5.56 Å². The van der Waals surface area contributed by atoms with E-state index in [0.29, 0.717) is 29.1 Å². The highest BCUT2D eigenvalue weighted by Crippen LogP contribution is 2.13. The van der Waals surface area contributed by atoms with E-state index in [1.807, 2.05) is 24.3 Å². The van der Waals surface area contributed by atoms with Gasteiger partial charge < -0.3 is 10.1 Å². The van der Waals surface area contributed by atoms with Crippen LogP contribution in [0.25, 0.3) is 5.65 Å². The van der Waals surface area contributed by atoms with Crippen molar-refractivity contribution < 1.29 is 9.53 Å². The molecule has 148 valence electrons. The maximum absolute atomic E-state index is 12.5. The van der Waals surface area contributed by atoms with Gasteiger partial charge in [-0.25, -0.2) is 9.50 Å². The number of fused-ring (bicyclic) bond motifs is 1. The van der Waals surface area contributed by atoms with Gasteiger partial charge in [0.1, 0.15) is 5.75 Å². The Hall–Kier alpha value is -3.88. The monoisotopic (exact) mass is 392 g/mol. The number of methoxy groups -OCH3 is 1. The molecule has 4 aromatic rings. The van der Waals surface area contributed by atoms with E-state index in [-0.39, 0.29) is 17.9 Å². The van der Waals surface area contributed by atoms with Crippen LogP contribution in [-0.2, 0) is 17.8 Å². The van der Waals surface area contributed by atoms with Crippen LogP contribution in [0.15, 0.2) is 53.7 Å². The molecule has 0 aliphatic carbocycles. The molecule has 0 radical (unpaired) electrons. The van der Waals surface area contributed by atoms with E-state index in [1.54, 1.807) is 43.4 Å². The number of nitrogens with zero attached hydrogens (tertiary/aromatic N) is 4. The van der Waals surface area contributed by atoms with E-state index in [0.717, 1.165) is 11.3 Å². The average molecular weight is 392 g/mol. The van der Waals surface area contributed by atoms with Crippen LogP contribution >= 0.6 is 0 Å². The molecule has 3 aromatic heterocycles. The van der Waals surface area contributed by atoms with Crippen molar-refractivity contribution in [2.24, 2.45) is 0 Å². The second kappa shape index (κ2) is 7.63. The third-order valence-electron chi connectivity index (χ3n) is 4.60. The van der Waals surface area contributed by atoms with Crippen molar-refractivity contribution in [2.45, 2.75) is 19.9 Å². The van der Waals surface area contributed by atoms with Crippen molar-refractivity contribution in [1.29, 1.82) is 0 Å². The summed E-state index contributed by atoms with van der Waals surface area (Å²) in [6.07, 6.45) is 4.88. The number of aromatic nitrogens is 5. The molecule has 0 aliphatic rings. The van der Waals surface area contributed by atoms with Gasteiger partial charge in [-0.1, -0.05) is 12.1 Å². The third-order valence-corrected chi connectivity index (χ3v) is 4.60. The predicted octanol–water partition coefficient (Wildman–Crippen LogP) is 1.77. The molecule has 0 unspecified atom stereocenters. The summed E-state index contributed by atoms with van der Waals surface area (Å²) in [6, 6.07) is 9.39. The Morgan fingerprint density at radius 1 is 1.24 bits per heavy atom. The van der Waals surface area contributed by atoms with E-state index >= 15 is 0 Å². The first-order valence-corrected chi connectivity index (χ1v) is 9.04. The standard InChI is InChI=1S/C20H20N6O3/c1-13-17(20(28)26-18(23-13)7-8-21-26)9-19(27)24-15-10-22-25(12-15)11-14-3-5-16(29-2)6-4-14/h3-8,10,12,21H,9,11H2,1-2H3,(H,24,27). The minimum Gasteiger partial charge on any atom is -0.497 e. The van der Waals surface area contributed by atoms with E-state index in [1.165, 1.54) is 4.52 Å². The minimum absolute atomic E-state index is 0.0662. The van der Waals surface area contributed by atoms with Gasteiger partial charge in [0, 0.05) is 29.7 Å². The van der Waals surface area contributed by atoms with Gasteiger partial charge >= 0.3 is 0 Å². The molecule has 2 N–H and O–H groups in total. The summed E-state index contributed by atoms with van der Waals surface area (Å²) in [5.74, 6) is 0.489. The van der Waals surface area contributed by atoms with E-state index in [2.05, 4.69) is 20.5 Å². The second-order valence-corrected chi connectivity index (χ2v) is 6.64. The van der Waals surface area contributed by atoms with Gasteiger partial charge in [-0.15, -0.1) is 0 Å². The summed E-state index contributed by atoms with van der Waals surface area (Å²) in [5, 5.41) is 9.85. The molecule has 0 spiro atoms. The topological polar surface area (TPSA) is 106 Å². The third kappa shape index (κ3) is 3.88. The van der Waals surface area contributed by atoms with Crippen molar-refractivity contribution >= 4 is 17.2 Å². The van der Waals surface area contributed by atoms with Gasteiger partial charge in [0.15, 0.2) is 5.65 Å². The van der Waals surface area contributed by atoms with Gasteiger partial charge in [0.05, 0.1) is 32.0 Å². The lowest BCUT2D eigenvalue weighted by atomic mass is 10.1. The number of aromatic amines is 1. The van der Waals surface area contributed by atoms with E-state index in [9.17, 15) is 9.59 Å². The first kappa shape index (κ1) is 18.5. The van der Waals surface area contributed by atoms with Crippen LogP contribution in [0.2, 0.25) is 0 Å². The molecule has 0 saturated heterocycles. The van der Waals surface area contributed by atoms with Gasteiger partial charge in [-0.3, -0.25) is 19.4 Å². The van der Waals surface area contributed by atoms with Crippen molar-refractivity contribution in [3.8, 4) is 5.75 Å². The zero-order chi connectivity index (χ0) is 20.4. The number of carbonyl (C=O) groups excluding carboxylic acids is 1. The molecule has 0 fully saturated rings. The molecule has 0 aliphatic heterocycles. The summed E-state index contributed by atoms with van der Waals surface area (Å²) < 4.78 is 8.20. The van der Waals surface area contributed by atoms with Crippen molar-refractivity contribution in [3.63, 3.8) is 0 Å². The second-order valence-electron chi connectivity index (χ2n) is 6.64. The van der Waals surface area contributed by atoms with Gasteiger partial charge in [-0.05, 0) is 24.6 Å². The predicted molar refractivity (Wildman–Crippen MR) is 107 cm³/mol. The lowest BCUT2D eigenvalue weighted by Crippen LogP contribution is -2.26. The zero-order valence-electron chi connectivity index (χ0n) is 16.0. The van der Waals surface area contributed by atoms with E-state index in [4.69, 9.17) is 4.74 Å². The number of benzene rings is 1. The summed E-state index contributed by atoms with van der Waals surface area (Å²) in [5.41, 5.74) is 2.77. The van der Waals surface area contributed by atoms with Crippen LogP contribution in [0.3, 0.4) is 0 Å². The molecule has 0 atom stereocenters. The molecule has 9 nitrogen and oxygen atoms in total. The summed E-state index contributed by atoms with van der Waals surface area (Å²) in [6.45, 7) is 2.29. The van der Waals surface area contributed by atoms with Gasteiger partial charge in [-0.2, -0.15) is 5.10 Å². The number of anilines is 1. The number of H-pyrrole nitrogens is 1. The Morgan fingerprint density at radius 3 is 2.79 bits per heavy atom. The molecular weight excluding hydrogens is 372 g/mol. The highest BCUT2D eigenvalue weighted by atomic mass is 16.5. The molecular formula is C20H20N6O3. The number of carbonyl (C=O) groups is 1. The van der Waals surface area contributed by atoms with Crippen LogP contribution in [0, 0.1) is 6.92 Å². The molecule has 0 bridgehead atoms. The average Bonchev–Trinajstić information content (AvgIpc) is 3.35.